The number of hydrogen-bond donors (Lipinski definition) is 7. The van der Waals surface area contributed by atoms with Crippen molar-refractivity contribution >= 4 is 50.1 Å². The second kappa shape index (κ2) is 30.4. The SMILES string of the molecule is C=CCNCC(=O)N1[C@@H](NC(=O)NCc2ccccc2)CN(Cc2cccc3cc[nH]c23)C(=O)[C@@H]1Cc1ccc(O)cc1.Cc1ccc(S)cc1.O.O.O.O=PO.[H-].[H-].[Na+].[Na+]. The van der Waals surface area contributed by atoms with Crippen molar-refractivity contribution in [3.05, 3.63) is 144 Å². The quantitative estimate of drug-likeness (QED) is 0.0246. The zero-order valence-electron chi connectivity index (χ0n) is 35.4. The Labute approximate surface area is 398 Å². The molecule has 0 spiro atoms. The van der Waals surface area contributed by atoms with Gasteiger partial charge < -0.3 is 60.0 Å². The first-order valence-electron chi connectivity index (χ1n) is 17.2. The summed E-state index contributed by atoms with van der Waals surface area (Å²) < 4.78 is 8.46. The summed E-state index contributed by atoms with van der Waals surface area (Å²) in [5, 5.41) is 19.7. The van der Waals surface area contributed by atoms with Gasteiger partial charge in [-0.2, -0.15) is 0 Å². The van der Waals surface area contributed by atoms with E-state index in [2.05, 4.69) is 47.1 Å². The Kier molecular flexibility index (Phi) is 29.7. The second-order valence-corrected chi connectivity index (χ2v) is 13.1. The number of H-pyrrole nitrogens is 1. The third kappa shape index (κ3) is 18.3. The zero-order chi connectivity index (χ0) is 38.9. The van der Waals surface area contributed by atoms with Crippen LogP contribution in [0.15, 0.2) is 127 Å². The van der Waals surface area contributed by atoms with E-state index in [1.54, 1.807) is 35.2 Å². The van der Waals surface area contributed by atoms with Crippen LogP contribution >= 0.6 is 21.3 Å². The van der Waals surface area contributed by atoms with E-state index in [4.69, 9.17) is 9.46 Å². The van der Waals surface area contributed by atoms with Gasteiger partial charge in [-0.3, -0.25) is 9.59 Å². The molecule has 15 nitrogen and oxygen atoms in total. The average Bonchev–Trinajstić information content (AvgIpc) is 3.66. The molecule has 1 saturated heterocycles. The summed E-state index contributed by atoms with van der Waals surface area (Å²) in [4.78, 5) is 55.5. The van der Waals surface area contributed by atoms with Crippen molar-refractivity contribution in [1.29, 1.82) is 0 Å². The third-order valence-electron chi connectivity index (χ3n) is 8.54. The van der Waals surface area contributed by atoms with Crippen molar-refractivity contribution in [3.63, 3.8) is 0 Å². The topological polar surface area (TPSA) is 262 Å². The maximum atomic E-state index is 14.2. The van der Waals surface area contributed by atoms with Gasteiger partial charge in [0.25, 0.3) is 0 Å². The van der Waals surface area contributed by atoms with Crippen molar-refractivity contribution in [1.82, 2.24) is 30.7 Å². The number of aromatic hydroxyl groups is 1. The van der Waals surface area contributed by atoms with Crippen LogP contribution in [0.3, 0.4) is 0 Å². The molecule has 1 fully saturated rings. The molecule has 0 unspecified atom stereocenters. The van der Waals surface area contributed by atoms with Gasteiger partial charge in [-0.1, -0.05) is 84.4 Å². The van der Waals surface area contributed by atoms with E-state index in [1.807, 2.05) is 85.1 Å². The predicted octanol–water partition coefficient (Wildman–Crippen LogP) is -2.52. The number of thiol groups is 1. The first-order chi connectivity index (χ1) is 26.1. The Morgan fingerprint density at radius 1 is 0.949 bits per heavy atom. The van der Waals surface area contributed by atoms with Gasteiger partial charge in [0.05, 0.1) is 18.6 Å². The number of phenolic OH excluding ortho intramolecular Hbond substituents is 1. The molecule has 1 aromatic heterocycles. The molecular formula is C40H53N6Na2O9PS. The van der Waals surface area contributed by atoms with E-state index >= 15 is 0 Å². The predicted molar refractivity (Wildman–Crippen MR) is 226 cm³/mol. The van der Waals surface area contributed by atoms with Crippen LogP contribution in [0.1, 0.15) is 25.1 Å². The summed E-state index contributed by atoms with van der Waals surface area (Å²) in [5.41, 5.74) is 4.85. The maximum Gasteiger partial charge on any atom is 1.00 e. The number of carbonyl (C=O) groups excluding carboxylic acids is 3. The Morgan fingerprint density at radius 2 is 1.59 bits per heavy atom. The van der Waals surface area contributed by atoms with Gasteiger partial charge in [-0.15, -0.1) is 19.2 Å². The number of urea groups is 1. The molecule has 310 valence electrons. The number of fused-ring (bicyclic) bond motifs is 1. The van der Waals surface area contributed by atoms with Crippen LogP contribution in [-0.2, 0) is 33.7 Å². The Bertz CT molecular complexity index is 1990. The van der Waals surface area contributed by atoms with Gasteiger partial charge in [-0.05, 0) is 59.3 Å². The third-order valence-corrected chi connectivity index (χ3v) is 8.84. The minimum absolute atomic E-state index is 0. The Hall–Kier alpha value is -3.58. The number of nitrogens with one attached hydrogen (secondary N) is 4. The summed E-state index contributed by atoms with van der Waals surface area (Å²) in [6.45, 7) is 6.85. The molecular weight excluding hydrogens is 817 g/mol. The number of amides is 4. The van der Waals surface area contributed by atoms with E-state index in [0.717, 1.165) is 32.5 Å². The number of hydrogen-bond acceptors (Lipinski definition) is 7. The summed E-state index contributed by atoms with van der Waals surface area (Å²) in [6, 6.07) is 30.7. The molecule has 0 saturated carbocycles. The number of piperazine rings is 1. The molecule has 1 aliphatic heterocycles. The van der Waals surface area contributed by atoms with Gasteiger partial charge in [-0.25, -0.2) is 9.36 Å². The normalized spacial score (nSPS) is 13.8. The Balaban J connectivity index is -0.000000797. The van der Waals surface area contributed by atoms with Crippen LogP contribution in [0.2, 0.25) is 0 Å². The van der Waals surface area contributed by atoms with Crippen molar-refractivity contribution in [2.75, 3.05) is 19.6 Å². The number of benzene rings is 4. The van der Waals surface area contributed by atoms with Crippen LogP contribution in [0, 0.1) is 6.92 Å². The fourth-order valence-corrected chi connectivity index (χ4v) is 6.11. The van der Waals surface area contributed by atoms with E-state index in [-0.39, 0.29) is 115 Å². The van der Waals surface area contributed by atoms with E-state index < -0.39 is 26.9 Å². The summed E-state index contributed by atoms with van der Waals surface area (Å²) in [6.07, 6.45) is 2.92. The van der Waals surface area contributed by atoms with E-state index in [0.29, 0.717) is 19.6 Å². The van der Waals surface area contributed by atoms with Crippen molar-refractivity contribution in [2.24, 2.45) is 0 Å². The van der Waals surface area contributed by atoms with Gasteiger partial charge in [0.1, 0.15) is 18.0 Å². The van der Waals surface area contributed by atoms with Crippen LogP contribution in [0.4, 0.5) is 4.79 Å². The largest absolute Gasteiger partial charge is 1.00 e. The van der Waals surface area contributed by atoms with Crippen LogP contribution in [0.5, 0.6) is 5.75 Å². The smallest absolute Gasteiger partial charge is 1.00 e. The molecule has 0 bridgehead atoms. The molecule has 59 heavy (non-hydrogen) atoms. The molecule has 19 heteroatoms. The molecule has 6 rings (SSSR count). The summed E-state index contributed by atoms with van der Waals surface area (Å²) >= 11 is 4.13. The van der Waals surface area contributed by atoms with Gasteiger partial charge >= 0.3 is 73.8 Å². The molecule has 4 amide bonds. The van der Waals surface area contributed by atoms with Crippen molar-refractivity contribution in [3.8, 4) is 5.75 Å². The number of aromatic amines is 1. The minimum Gasteiger partial charge on any atom is -1.00 e. The Morgan fingerprint density at radius 3 is 2.20 bits per heavy atom. The number of nitrogens with zero attached hydrogens (tertiary/aromatic N) is 2. The summed E-state index contributed by atoms with van der Waals surface area (Å²) in [7, 11) is -0.833. The number of carbonyl (C=O) groups is 3. The zero-order valence-corrected chi connectivity index (χ0v) is 39.2. The van der Waals surface area contributed by atoms with Gasteiger partial charge in [0, 0.05) is 37.1 Å². The molecule has 12 N–H and O–H groups in total. The van der Waals surface area contributed by atoms with Crippen LogP contribution in [0.25, 0.3) is 10.9 Å². The first kappa shape index (κ1) is 57.5. The number of para-hydroxylation sites is 1. The minimum atomic E-state index is -0.890. The number of aryl methyl sites for hydroxylation is 1. The van der Waals surface area contributed by atoms with Crippen LogP contribution < -0.4 is 75.1 Å². The molecule has 1 aliphatic rings. The van der Waals surface area contributed by atoms with E-state index in [1.165, 1.54) is 10.5 Å². The monoisotopic (exact) mass is 870 g/mol. The number of phenols is 1. The fourth-order valence-electron chi connectivity index (χ4n) is 5.96. The summed E-state index contributed by atoms with van der Waals surface area (Å²) in [5.74, 6) is -0.439. The maximum absolute atomic E-state index is 14.2. The molecule has 2 atom stereocenters. The standard InChI is InChI=1S/C33H36N6O4.C7H8S.2Na.HO2P.3H2O.2H/c1-2-16-34-20-30(41)39-28(18-23-11-13-27(40)14-12-23)32(42)38(21-26-10-6-9-25-15-17-35-31(25)26)22-29(39)37-33(43)36-19-24-7-4-3-5-8-24;1-6-2-4-7(8)5-3-6;;;1-3-2;;;;;/h2-15,17,28-29,34-35,40H,1,16,18-22H2,(H2,36,37,43);2-5,8H,1H3;;;(H,1,2);3*1H2;;/q;;2*+1;;;;;2*-1/t28-,29+;;;;;;;;;/m0........./s1. The van der Waals surface area contributed by atoms with Crippen LogP contribution in [-0.4, -0.2) is 90.9 Å². The molecule has 2 heterocycles. The van der Waals surface area contributed by atoms with Crippen molar-refractivity contribution < 1.29 is 107 Å². The van der Waals surface area contributed by atoms with Gasteiger partial charge in [0.2, 0.25) is 11.8 Å². The fraction of sp³-hybridized carbons (Fsp3) is 0.225. The number of aromatic nitrogens is 1. The second-order valence-electron chi connectivity index (χ2n) is 12.4. The van der Waals surface area contributed by atoms with Gasteiger partial charge in [0.15, 0.2) is 0 Å². The van der Waals surface area contributed by atoms with Crippen molar-refractivity contribution in [2.45, 2.75) is 43.5 Å². The van der Waals surface area contributed by atoms with E-state index in [9.17, 15) is 19.5 Å². The molecule has 0 aliphatic carbocycles. The number of rotatable bonds is 11. The average molecular weight is 871 g/mol. The first-order valence-corrected chi connectivity index (χ1v) is 18.4. The molecule has 5 aromatic rings. The molecule has 0 radical (unpaired) electrons. The molecule has 4 aromatic carbocycles.